The van der Waals surface area contributed by atoms with E-state index in [1.54, 1.807) is 31.2 Å². The van der Waals surface area contributed by atoms with Crippen LogP contribution in [0.1, 0.15) is 30.4 Å². The quantitative estimate of drug-likeness (QED) is 0.714. The molecule has 0 saturated heterocycles. The number of alkyl halides is 3. The lowest BCUT2D eigenvalue weighted by atomic mass is 9.90. The van der Waals surface area contributed by atoms with Crippen molar-refractivity contribution in [1.29, 1.82) is 0 Å². The Bertz CT molecular complexity index is 848. The van der Waals surface area contributed by atoms with E-state index in [-0.39, 0.29) is 12.3 Å². The zero-order chi connectivity index (χ0) is 18.2. The van der Waals surface area contributed by atoms with Crippen molar-refractivity contribution in [2.45, 2.75) is 25.4 Å². The molecule has 0 saturated carbocycles. The van der Waals surface area contributed by atoms with Gasteiger partial charge in [-0.1, -0.05) is 35.9 Å². The molecule has 130 valence electrons. The fourth-order valence-corrected chi connectivity index (χ4v) is 2.96. The smallest absolute Gasteiger partial charge is 0.272 e. The second-order valence-electron chi connectivity index (χ2n) is 5.85. The Hall–Kier alpha value is -2.34. The van der Waals surface area contributed by atoms with Crippen LogP contribution >= 0.6 is 11.6 Å². The first kappa shape index (κ1) is 17.5. The molecule has 0 aliphatic carbocycles. The van der Waals surface area contributed by atoms with Crippen LogP contribution in [0.3, 0.4) is 0 Å². The molecule has 0 aromatic heterocycles. The van der Waals surface area contributed by atoms with Gasteiger partial charge in [0.25, 0.3) is 5.91 Å². The van der Waals surface area contributed by atoms with E-state index in [9.17, 15) is 18.0 Å². The second-order valence-corrected chi connectivity index (χ2v) is 6.28. The third kappa shape index (κ3) is 3.69. The third-order valence-corrected chi connectivity index (χ3v) is 4.18. The number of hydrogen-bond donors (Lipinski definition) is 0. The Kier molecular flexibility index (Phi) is 4.56. The van der Waals surface area contributed by atoms with E-state index in [4.69, 9.17) is 11.6 Å². The summed E-state index contributed by atoms with van der Waals surface area (Å²) < 4.78 is 38.9. The van der Waals surface area contributed by atoms with E-state index >= 15 is 0 Å². The Morgan fingerprint density at radius 2 is 1.88 bits per heavy atom. The van der Waals surface area contributed by atoms with Crippen LogP contribution in [0, 0.1) is 0 Å². The summed E-state index contributed by atoms with van der Waals surface area (Å²) in [5.74, 6) is -1.11. The highest BCUT2D eigenvalue weighted by molar-refractivity contribution is 6.31. The Balaban J connectivity index is 1.99. The average molecular weight is 367 g/mol. The predicted molar refractivity (Wildman–Crippen MR) is 90.8 cm³/mol. The van der Waals surface area contributed by atoms with Crippen molar-refractivity contribution in [2.75, 3.05) is 5.01 Å². The summed E-state index contributed by atoms with van der Waals surface area (Å²) in [5.41, 5.74) is 0.684. The molecule has 1 amide bonds. The van der Waals surface area contributed by atoms with Gasteiger partial charge in [0.15, 0.2) is 0 Å². The molecule has 0 bridgehead atoms. The van der Waals surface area contributed by atoms with E-state index < -0.39 is 17.7 Å². The van der Waals surface area contributed by atoms with Gasteiger partial charge in [0.1, 0.15) is 0 Å². The van der Waals surface area contributed by atoms with Crippen molar-refractivity contribution in [3.8, 4) is 0 Å². The molecule has 7 heteroatoms. The van der Waals surface area contributed by atoms with E-state index in [1.807, 2.05) is 0 Å². The number of anilines is 1. The zero-order valence-corrected chi connectivity index (χ0v) is 14.0. The third-order valence-electron chi connectivity index (χ3n) is 3.95. The summed E-state index contributed by atoms with van der Waals surface area (Å²) in [5, 5.41) is 5.89. The van der Waals surface area contributed by atoms with Crippen LogP contribution in [-0.4, -0.2) is 11.6 Å². The highest BCUT2D eigenvalue weighted by Gasteiger charge is 2.35. The average Bonchev–Trinajstić information content (AvgIpc) is 2.56. The second kappa shape index (κ2) is 6.52. The highest BCUT2D eigenvalue weighted by Crippen LogP contribution is 2.35. The fraction of sp³-hybridized carbons (Fsp3) is 0.222. The minimum absolute atomic E-state index is 0.275. The van der Waals surface area contributed by atoms with Crippen LogP contribution in [-0.2, 0) is 11.0 Å². The molecule has 0 spiro atoms. The van der Waals surface area contributed by atoms with Gasteiger partial charge >= 0.3 is 6.18 Å². The van der Waals surface area contributed by atoms with Crippen molar-refractivity contribution < 1.29 is 18.0 Å². The first-order valence-electron chi connectivity index (χ1n) is 7.56. The molecular weight excluding hydrogens is 353 g/mol. The van der Waals surface area contributed by atoms with Crippen molar-refractivity contribution in [3.05, 3.63) is 64.7 Å². The van der Waals surface area contributed by atoms with Crippen LogP contribution in [0.4, 0.5) is 18.9 Å². The summed E-state index contributed by atoms with van der Waals surface area (Å²) in [6.45, 7) is 1.74. The first-order valence-corrected chi connectivity index (χ1v) is 7.94. The Morgan fingerprint density at radius 1 is 1.16 bits per heavy atom. The summed E-state index contributed by atoms with van der Waals surface area (Å²) in [7, 11) is 0. The first-order chi connectivity index (χ1) is 11.8. The number of hydrogen-bond acceptors (Lipinski definition) is 2. The standard InChI is InChI=1S/C18H14ClF3N2O/c1-11-8-16(12-4-2-5-13(9-12)18(20,21)22)17(25)24(23-11)15-7-3-6-14(19)10-15/h2-7,9-10,16H,8H2,1H3. The monoisotopic (exact) mass is 366 g/mol. The summed E-state index contributed by atoms with van der Waals surface area (Å²) in [4.78, 5) is 12.8. The Morgan fingerprint density at radius 3 is 2.56 bits per heavy atom. The fourth-order valence-electron chi connectivity index (χ4n) is 2.78. The number of carbonyl (C=O) groups is 1. The molecule has 1 aliphatic heterocycles. The van der Waals surface area contributed by atoms with Crippen molar-refractivity contribution in [2.24, 2.45) is 5.10 Å². The van der Waals surface area contributed by atoms with Gasteiger partial charge in [0.2, 0.25) is 0 Å². The molecule has 1 heterocycles. The maximum Gasteiger partial charge on any atom is 0.416 e. The molecule has 1 atom stereocenters. The van der Waals surface area contributed by atoms with Crippen LogP contribution in [0.25, 0.3) is 0 Å². The molecule has 2 aromatic rings. The number of halogens is 4. The van der Waals surface area contributed by atoms with Gasteiger partial charge in [-0.15, -0.1) is 0 Å². The minimum atomic E-state index is -4.45. The zero-order valence-electron chi connectivity index (χ0n) is 13.2. The lowest BCUT2D eigenvalue weighted by Crippen LogP contribution is -2.36. The summed E-state index contributed by atoms with van der Waals surface area (Å²) >= 11 is 5.96. The van der Waals surface area contributed by atoms with Gasteiger partial charge < -0.3 is 0 Å². The van der Waals surface area contributed by atoms with E-state index in [0.29, 0.717) is 22.0 Å². The lowest BCUT2D eigenvalue weighted by Gasteiger charge is -2.29. The topological polar surface area (TPSA) is 32.7 Å². The van der Waals surface area contributed by atoms with Crippen LogP contribution in [0.5, 0.6) is 0 Å². The SMILES string of the molecule is CC1=NN(c2cccc(Cl)c2)C(=O)C(c2cccc(C(F)(F)F)c2)C1. The van der Waals surface area contributed by atoms with Gasteiger partial charge in [-0.05, 0) is 36.8 Å². The van der Waals surface area contributed by atoms with Gasteiger partial charge in [-0.2, -0.15) is 18.3 Å². The molecule has 3 rings (SSSR count). The number of rotatable bonds is 2. The van der Waals surface area contributed by atoms with E-state index in [0.717, 1.165) is 12.1 Å². The predicted octanol–water partition coefficient (Wildman–Crippen LogP) is 5.26. The summed E-state index contributed by atoms with van der Waals surface area (Å²) in [6, 6.07) is 11.5. The molecular formula is C18H14ClF3N2O. The van der Waals surface area contributed by atoms with Gasteiger partial charge in [-0.25, -0.2) is 5.01 Å². The number of carbonyl (C=O) groups excluding carboxylic acids is 1. The van der Waals surface area contributed by atoms with Gasteiger partial charge in [0.05, 0.1) is 17.2 Å². The maximum absolute atomic E-state index is 13.0. The summed E-state index contributed by atoms with van der Waals surface area (Å²) in [6.07, 6.45) is -4.18. The normalized spacial score (nSPS) is 18.3. The minimum Gasteiger partial charge on any atom is -0.272 e. The molecule has 25 heavy (non-hydrogen) atoms. The highest BCUT2D eigenvalue weighted by atomic mass is 35.5. The lowest BCUT2D eigenvalue weighted by molar-refractivity contribution is -0.137. The van der Waals surface area contributed by atoms with Crippen LogP contribution in [0.15, 0.2) is 53.6 Å². The number of benzene rings is 2. The molecule has 0 fully saturated rings. The maximum atomic E-state index is 13.0. The van der Waals surface area contributed by atoms with E-state index in [1.165, 1.54) is 17.1 Å². The van der Waals surface area contributed by atoms with Crippen LogP contribution < -0.4 is 5.01 Å². The molecule has 3 nitrogen and oxygen atoms in total. The number of amides is 1. The van der Waals surface area contributed by atoms with Crippen molar-refractivity contribution in [1.82, 2.24) is 0 Å². The molecule has 1 aliphatic rings. The molecule has 0 radical (unpaired) electrons. The molecule has 1 unspecified atom stereocenters. The van der Waals surface area contributed by atoms with E-state index in [2.05, 4.69) is 5.10 Å². The van der Waals surface area contributed by atoms with Crippen molar-refractivity contribution >= 4 is 28.9 Å². The molecule has 2 aromatic carbocycles. The Labute approximate surface area is 147 Å². The number of hydrazone groups is 1. The van der Waals surface area contributed by atoms with Crippen molar-refractivity contribution in [3.63, 3.8) is 0 Å². The van der Waals surface area contributed by atoms with Gasteiger partial charge in [0, 0.05) is 17.2 Å². The molecule has 0 N–H and O–H groups in total. The number of nitrogens with zero attached hydrogens (tertiary/aromatic N) is 2. The largest absolute Gasteiger partial charge is 0.416 e. The van der Waals surface area contributed by atoms with Gasteiger partial charge in [-0.3, -0.25) is 4.79 Å². The van der Waals surface area contributed by atoms with Crippen LogP contribution in [0.2, 0.25) is 5.02 Å².